The van der Waals surface area contributed by atoms with Crippen LogP contribution < -0.4 is 5.32 Å². The van der Waals surface area contributed by atoms with Crippen LogP contribution in [0.5, 0.6) is 0 Å². The predicted molar refractivity (Wildman–Crippen MR) is 90.5 cm³/mol. The van der Waals surface area contributed by atoms with Crippen LogP contribution >= 0.6 is 11.8 Å². The summed E-state index contributed by atoms with van der Waals surface area (Å²) in [6.07, 6.45) is 0. The minimum absolute atomic E-state index is 0.0553. The van der Waals surface area contributed by atoms with Gasteiger partial charge in [-0.2, -0.15) is 0 Å². The van der Waals surface area contributed by atoms with E-state index >= 15 is 0 Å². The lowest BCUT2D eigenvalue weighted by Gasteiger charge is -2.08. The van der Waals surface area contributed by atoms with Crippen molar-refractivity contribution in [3.05, 3.63) is 59.7 Å². The molecule has 0 unspecified atom stereocenters. The number of anilines is 1. The highest BCUT2D eigenvalue weighted by Crippen LogP contribution is 2.21. The molecule has 0 aromatic heterocycles. The Balaban J connectivity index is 2.05. The highest BCUT2D eigenvalue weighted by atomic mass is 32.2. The second-order valence-corrected chi connectivity index (χ2v) is 5.74. The van der Waals surface area contributed by atoms with Crippen molar-refractivity contribution in [2.75, 3.05) is 18.2 Å². The van der Waals surface area contributed by atoms with E-state index in [2.05, 4.69) is 10.1 Å². The van der Waals surface area contributed by atoms with Gasteiger partial charge in [-0.15, -0.1) is 11.8 Å². The first-order valence-corrected chi connectivity index (χ1v) is 7.93. The third kappa shape index (κ3) is 4.60. The average Bonchev–Trinajstić information content (AvgIpc) is 2.60. The topological polar surface area (TPSA) is 92.7 Å². The van der Waals surface area contributed by atoms with Crippen molar-refractivity contribution < 1.29 is 24.2 Å². The molecule has 0 heterocycles. The molecule has 0 atom stereocenters. The van der Waals surface area contributed by atoms with Crippen molar-refractivity contribution in [3.63, 3.8) is 0 Å². The Morgan fingerprint density at radius 2 is 1.67 bits per heavy atom. The van der Waals surface area contributed by atoms with Crippen molar-refractivity contribution in [3.8, 4) is 0 Å². The van der Waals surface area contributed by atoms with Crippen molar-refractivity contribution in [1.82, 2.24) is 0 Å². The number of benzene rings is 2. The molecule has 0 saturated carbocycles. The van der Waals surface area contributed by atoms with Gasteiger partial charge in [0.2, 0.25) is 0 Å². The summed E-state index contributed by atoms with van der Waals surface area (Å²) in [6.45, 7) is 0. The summed E-state index contributed by atoms with van der Waals surface area (Å²) < 4.78 is 4.56. The first-order chi connectivity index (χ1) is 11.5. The number of esters is 1. The molecule has 2 rings (SSSR count). The summed E-state index contributed by atoms with van der Waals surface area (Å²) in [6, 6.07) is 12.9. The van der Waals surface area contributed by atoms with Gasteiger partial charge in [0.15, 0.2) is 0 Å². The molecule has 0 saturated heterocycles. The Labute approximate surface area is 142 Å². The van der Waals surface area contributed by atoms with Gasteiger partial charge in [-0.25, -0.2) is 4.79 Å². The number of aromatic carboxylic acids is 1. The highest BCUT2D eigenvalue weighted by Gasteiger charge is 2.15. The van der Waals surface area contributed by atoms with Crippen LogP contribution in [0.3, 0.4) is 0 Å². The number of carboxylic acids is 1. The number of carbonyl (C=O) groups excluding carboxylic acids is 2. The van der Waals surface area contributed by atoms with Crippen molar-refractivity contribution in [2.45, 2.75) is 4.90 Å². The maximum absolute atomic E-state index is 12.2. The predicted octanol–water partition coefficient (Wildman–Crippen LogP) is 2.90. The van der Waals surface area contributed by atoms with E-state index in [1.54, 1.807) is 36.4 Å². The van der Waals surface area contributed by atoms with Crippen molar-refractivity contribution in [2.24, 2.45) is 0 Å². The van der Waals surface area contributed by atoms with Gasteiger partial charge in [0.25, 0.3) is 5.91 Å². The molecule has 2 aromatic carbocycles. The molecule has 0 bridgehead atoms. The number of ether oxygens (including phenoxy) is 1. The Kier molecular flexibility index (Phi) is 5.97. The molecular formula is C17H15NO5S. The first-order valence-electron chi connectivity index (χ1n) is 6.94. The number of thioether (sulfide) groups is 1. The Hall–Kier alpha value is -2.80. The minimum atomic E-state index is -1.16. The van der Waals surface area contributed by atoms with Crippen LogP contribution in [0.15, 0.2) is 53.4 Å². The number of hydrogen-bond acceptors (Lipinski definition) is 5. The normalized spacial score (nSPS) is 10.0. The number of nitrogens with one attached hydrogen (secondary N) is 1. The lowest BCUT2D eigenvalue weighted by atomic mass is 10.1. The van der Waals surface area contributed by atoms with E-state index < -0.39 is 11.9 Å². The van der Waals surface area contributed by atoms with Crippen LogP contribution in [0, 0.1) is 0 Å². The van der Waals surface area contributed by atoms with E-state index in [9.17, 15) is 14.4 Å². The first kappa shape index (κ1) is 17.6. The average molecular weight is 345 g/mol. The quantitative estimate of drug-likeness (QED) is 0.618. The molecule has 7 heteroatoms. The Bertz CT molecular complexity index is 758. The fourth-order valence-corrected chi connectivity index (χ4v) is 2.63. The maximum atomic E-state index is 12.2. The van der Waals surface area contributed by atoms with E-state index in [0.29, 0.717) is 5.69 Å². The van der Waals surface area contributed by atoms with Gasteiger partial charge in [-0.1, -0.05) is 12.1 Å². The lowest BCUT2D eigenvalue weighted by Crippen LogP contribution is -2.16. The van der Waals surface area contributed by atoms with Crippen LogP contribution in [-0.2, 0) is 9.53 Å². The molecule has 0 radical (unpaired) electrons. The van der Waals surface area contributed by atoms with Gasteiger partial charge in [0.05, 0.1) is 24.0 Å². The number of rotatable bonds is 6. The molecule has 24 heavy (non-hydrogen) atoms. The van der Waals surface area contributed by atoms with Crippen LogP contribution in [0.1, 0.15) is 20.7 Å². The van der Waals surface area contributed by atoms with Crippen LogP contribution in [0.4, 0.5) is 5.69 Å². The third-order valence-electron chi connectivity index (χ3n) is 3.10. The minimum Gasteiger partial charge on any atom is -0.478 e. The largest absolute Gasteiger partial charge is 0.478 e. The zero-order valence-corrected chi connectivity index (χ0v) is 13.6. The van der Waals surface area contributed by atoms with Gasteiger partial charge in [-0.05, 0) is 36.4 Å². The molecule has 1 amide bonds. The van der Waals surface area contributed by atoms with Crippen molar-refractivity contribution >= 4 is 35.3 Å². The Morgan fingerprint density at radius 1 is 1.04 bits per heavy atom. The summed E-state index contributed by atoms with van der Waals surface area (Å²) >= 11 is 1.32. The van der Waals surface area contributed by atoms with Gasteiger partial charge < -0.3 is 15.2 Å². The highest BCUT2D eigenvalue weighted by molar-refractivity contribution is 8.00. The van der Waals surface area contributed by atoms with Gasteiger partial charge in [0, 0.05) is 10.6 Å². The van der Waals surface area contributed by atoms with E-state index in [1.807, 2.05) is 0 Å². The van der Waals surface area contributed by atoms with E-state index in [-0.39, 0.29) is 22.8 Å². The molecule has 124 valence electrons. The van der Waals surface area contributed by atoms with Gasteiger partial charge in [-0.3, -0.25) is 9.59 Å². The molecule has 0 aliphatic carbocycles. The van der Waals surface area contributed by atoms with E-state index in [4.69, 9.17) is 5.11 Å². The molecule has 0 spiro atoms. The summed E-state index contributed by atoms with van der Waals surface area (Å²) in [7, 11) is 1.33. The summed E-state index contributed by atoms with van der Waals surface area (Å²) in [4.78, 5) is 35.3. The molecule has 2 N–H and O–H groups in total. The second-order valence-electron chi connectivity index (χ2n) is 4.69. The van der Waals surface area contributed by atoms with Crippen molar-refractivity contribution in [1.29, 1.82) is 0 Å². The number of amides is 1. The Morgan fingerprint density at radius 3 is 2.25 bits per heavy atom. The van der Waals surface area contributed by atoms with Crippen LogP contribution in [0.2, 0.25) is 0 Å². The SMILES string of the molecule is COC(=O)CSc1ccc(NC(=O)c2ccccc2C(=O)O)cc1. The smallest absolute Gasteiger partial charge is 0.336 e. The maximum Gasteiger partial charge on any atom is 0.336 e. The van der Waals surface area contributed by atoms with Crippen LogP contribution in [0.25, 0.3) is 0 Å². The molecule has 0 fully saturated rings. The van der Waals surface area contributed by atoms with Crippen LogP contribution in [-0.4, -0.2) is 35.8 Å². The molecule has 0 aliphatic rings. The van der Waals surface area contributed by atoms with Gasteiger partial charge in [0.1, 0.15) is 0 Å². The fourth-order valence-electron chi connectivity index (χ4n) is 1.90. The zero-order valence-electron chi connectivity index (χ0n) is 12.8. The summed E-state index contributed by atoms with van der Waals surface area (Å²) in [5.41, 5.74) is 0.567. The number of methoxy groups -OCH3 is 1. The molecule has 6 nitrogen and oxygen atoms in total. The summed E-state index contributed by atoms with van der Waals surface area (Å²) in [5.74, 6) is -1.77. The summed E-state index contributed by atoms with van der Waals surface area (Å²) in [5, 5.41) is 11.8. The standard InChI is InChI=1S/C17H15NO5S/c1-23-15(19)10-24-12-8-6-11(7-9-12)18-16(20)13-4-2-3-5-14(13)17(21)22/h2-9H,10H2,1H3,(H,18,20)(H,21,22). The second kappa shape index (κ2) is 8.16. The van der Waals surface area contributed by atoms with E-state index in [0.717, 1.165) is 4.90 Å². The number of carbonyl (C=O) groups is 3. The third-order valence-corrected chi connectivity index (χ3v) is 4.08. The number of hydrogen-bond donors (Lipinski definition) is 2. The van der Waals surface area contributed by atoms with E-state index in [1.165, 1.54) is 31.0 Å². The lowest BCUT2D eigenvalue weighted by molar-refractivity contribution is -0.137. The fraction of sp³-hybridized carbons (Fsp3) is 0.118. The molecule has 0 aliphatic heterocycles. The zero-order chi connectivity index (χ0) is 17.5. The number of carboxylic acid groups (broad SMARTS) is 1. The monoisotopic (exact) mass is 345 g/mol. The van der Waals surface area contributed by atoms with Gasteiger partial charge >= 0.3 is 11.9 Å². The molecular weight excluding hydrogens is 330 g/mol. The molecule has 2 aromatic rings.